The topological polar surface area (TPSA) is 64.5 Å². The lowest BCUT2D eigenvalue weighted by Crippen LogP contribution is -1.95. The molecule has 2 aromatic rings. The van der Waals surface area contributed by atoms with Gasteiger partial charge in [0.15, 0.2) is 0 Å². The highest BCUT2D eigenvalue weighted by Gasteiger charge is 2.07. The number of allylic oxidation sites excluding steroid dienone is 1. The number of benzene rings is 2. The van der Waals surface area contributed by atoms with Gasteiger partial charge in [0.25, 0.3) is 5.69 Å². The molecule has 100 valence electrons. The van der Waals surface area contributed by atoms with Crippen molar-refractivity contribution in [2.24, 2.45) is 0 Å². The number of non-ortho nitro benzene ring substituents is 1. The lowest BCUT2D eigenvalue weighted by molar-refractivity contribution is -0.384. The number of nitro benzene ring substituents is 1. The number of ketones is 1. The molecule has 4 heteroatoms. The van der Waals surface area contributed by atoms with Gasteiger partial charge in [-0.05, 0) is 42.8 Å². The summed E-state index contributed by atoms with van der Waals surface area (Å²) in [5.74, 6) is 0.156. The Kier molecular flexibility index (Phi) is 4.05. The average Bonchev–Trinajstić information content (AvgIpc) is 2.46. The van der Waals surface area contributed by atoms with Gasteiger partial charge in [-0.3, -0.25) is 14.9 Å². The zero-order valence-electron chi connectivity index (χ0n) is 11.0. The normalized spacial score (nSPS) is 10.7. The van der Waals surface area contributed by atoms with E-state index in [1.54, 1.807) is 24.3 Å². The van der Waals surface area contributed by atoms with Gasteiger partial charge in [-0.2, -0.15) is 0 Å². The monoisotopic (exact) mass is 268 g/mol. The molecule has 0 amide bonds. The van der Waals surface area contributed by atoms with Crippen molar-refractivity contribution in [2.45, 2.75) is 6.92 Å². The third kappa shape index (κ3) is 3.38. The Hall–Kier alpha value is -2.75. The molecule has 0 fully saturated rings. The van der Waals surface area contributed by atoms with Gasteiger partial charge in [0, 0.05) is 18.2 Å². The molecule has 2 rings (SSSR count). The minimum atomic E-state index is -0.441. The van der Waals surface area contributed by atoms with Crippen molar-refractivity contribution in [3.63, 3.8) is 0 Å². The summed E-state index contributed by atoms with van der Waals surface area (Å²) in [6, 6.07) is 13.7. The molecule has 4 nitrogen and oxygen atoms in total. The van der Waals surface area contributed by atoms with Crippen molar-refractivity contribution in [3.8, 4) is 0 Å². The molecule has 0 heterocycles. The largest absolute Gasteiger partial charge is 0.347 e. The maximum absolute atomic E-state index is 10.5. The van der Waals surface area contributed by atoms with E-state index in [9.17, 15) is 14.9 Å². The van der Waals surface area contributed by atoms with Crippen LogP contribution in [-0.2, 0) is 0 Å². The Balaban J connectivity index is 2.10. The first kappa shape index (κ1) is 13.7. The molecular weight excluding hydrogens is 254 g/mol. The predicted octanol–water partition coefficient (Wildman–Crippen LogP) is 3.51. The lowest BCUT2D eigenvalue weighted by Gasteiger charge is -1.94. The van der Waals surface area contributed by atoms with Crippen LogP contribution >= 0.6 is 0 Å². The number of nitrogens with zero attached hydrogens (tertiary/aromatic N) is 1. The standard InChI is InChI=1S/C16H13NO3/c1-12-2-7-14(8-3-12)16(18)11-6-13-4-9-15(10-5-13)17(19)20/h2-11H,1H3/p+1/b11-6+. The van der Waals surface area contributed by atoms with E-state index in [1.165, 1.54) is 12.1 Å². The van der Waals surface area contributed by atoms with Crippen LogP contribution in [0.25, 0.3) is 6.08 Å². The summed E-state index contributed by atoms with van der Waals surface area (Å²) in [7, 11) is 0. The van der Waals surface area contributed by atoms with E-state index >= 15 is 0 Å². The third-order valence-electron chi connectivity index (χ3n) is 2.88. The minimum absolute atomic E-state index is 0.0499. The first-order valence-electron chi connectivity index (χ1n) is 6.12. The summed E-state index contributed by atoms with van der Waals surface area (Å²) < 4.78 is 0. The van der Waals surface area contributed by atoms with E-state index in [-0.39, 0.29) is 11.5 Å². The molecule has 0 radical (unpaired) electrons. The lowest BCUT2D eigenvalue weighted by atomic mass is 10.1. The van der Waals surface area contributed by atoms with Crippen LogP contribution in [0.5, 0.6) is 0 Å². The molecule has 1 N–H and O–H groups in total. The maximum atomic E-state index is 10.5. The van der Waals surface area contributed by atoms with Crippen LogP contribution in [0.4, 0.5) is 5.69 Å². The van der Waals surface area contributed by atoms with E-state index in [0.717, 1.165) is 16.7 Å². The van der Waals surface area contributed by atoms with Crippen molar-refractivity contribution in [1.82, 2.24) is 0 Å². The van der Waals surface area contributed by atoms with E-state index in [0.29, 0.717) is 0 Å². The fourth-order valence-electron chi connectivity index (χ4n) is 1.70. The van der Waals surface area contributed by atoms with Crippen LogP contribution in [0.1, 0.15) is 16.7 Å². The first-order valence-corrected chi connectivity index (χ1v) is 6.12. The molecule has 0 aromatic heterocycles. The van der Waals surface area contributed by atoms with Gasteiger partial charge in [-0.15, -0.1) is 0 Å². The molecule has 0 unspecified atom stereocenters. The van der Waals surface area contributed by atoms with Crippen LogP contribution in [0, 0.1) is 17.0 Å². The Bertz CT molecular complexity index is 655. The van der Waals surface area contributed by atoms with Gasteiger partial charge in [0.2, 0.25) is 0 Å². The van der Waals surface area contributed by atoms with Crippen LogP contribution in [0.3, 0.4) is 0 Å². The predicted molar refractivity (Wildman–Crippen MR) is 79.4 cm³/mol. The van der Waals surface area contributed by atoms with Gasteiger partial charge in [0.1, 0.15) is 0 Å². The van der Waals surface area contributed by atoms with E-state index in [1.807, 2.05) is 31.2 Å². The fourth-order valence-corrected chi connectivity index (χ4v) is 1.70. The zero-order chi connectivity index (χ0) is 14.5. The molecular formula is C16H14NO3+. The Morgan fingerprint density at radius 1 is 1.10 bits per heavy atom. The van der Waals surface area contributed by atoms with Crippen molar-refractivity contribution in [3.05, 3.63) is 81.4 Å². The summed E-state index contributed by atoms with van der Waals surface area (Å²) in [5, 5.41) is 10.5. The molecule has 0 saturated heterocycles. The molecule has 0 aliphatic carbocycles. The van der Waals surface area contributed by atoms with Crippen molar-refractivity contribution in [2.75, 3.05) is 0 Å². The van der Waals surface area contributed by atoms with E-state index in [4.69, 9.17) is 0 Å². The number of carbonyl (C=O) groups excluding carboxylic acids is 1. The van der Waals surface area contributed by atoms with Crippen LogP contribution in [0.2, 0.25) is 0 Å². The van der Waals surface area contributed by atoms with E-state index in [2.05, 4.69) is 0 Å². The number of hydrogen-bond donors (Lipinski definition) is 0. The Morgan fingerprint density at radius 3 is 2.25 bits per heavy atom. The molecule has 20 heavy (non-hydrogen) atoms. The first-order chi connectivity index (χ1) is 9.56. The summed E-state index contributed by atoms with van der Waals surface area (Å²) >= 11 is 0. The van der Waals surface area contributed by atoms with Crippen molar-refractivity contribution < 1.29 is 9.72 Å². The summed E-state index contributed by atoms with van der Waals surface area (Å²) in [6.45, 7) is 1.98. The van der Waals surface area contributed by atoms with Gasteiger partial charge in [-0.1, -0.05) is 17.7 Å². The molecule has 0 spiro atoms. The molecule has 2 aromatic carbocycles. The summed E-state index contributed by atoms with van der Waals surface area (Å²) in [4.78, 5) is 20.0. The van der Waals surface area contributed by atoms with Gasteiger partial charge < -0.3 is 0 Å². The van der Waals surface area contributed by atoms with Gasteiger partial charge >= 0.3 is 5.78 Å². The quantitative estimate of drug-likeness (QED) is 0.280. The summed E-state index contributed by atoms with van der Waals surface area (Å²) in [5.41, 5.74) is 2.69. The molecule has 0 saturated carbocycles. The maximum Gasteiger partial charge on any atom is 0.347 e. The molecule has 0 atom stereocenters. The highest BCUT2D eigenvalue weighted by Crippen LogP contribution is 2.13. The highest BCUT2D eigenvalue weighted by molar-refractivity contribution is 6.07. The van der Waals surface area contributed by atoms with Crippen molar-refractivity contribution in [1.29, 1.82) is 0 Å². The Labute approximate surface area is 116 Å². The third-order valence-corrected chi connectivity index (χ3v) is 2.88. The molecule has 0 aliphatic heterocycles. The second-order valence-electron chi connectivity index (χ2n) is 4.43. The van der Waals surface area contributed by atoms with Gasteiger partial charge in [-0.25, -0.2) is 0 Å². The highest BCUT2D eigenvalue weighted by atomic mass is 16.6. The number of aryl methyl sites for hydroxylation is 1. The summed E-state index contributed by atoms with van der Waals surface area (Å²) in [6.07, 6.45) is 3.28. The van der Waals surface area contributed by atoms with Crippen LogP contribution < -0.4 is 0 Å². The minimum Gasteiger partial charge on any atom is -0.273 e. The fraction of sp³-hybridized carbons (Fsp3) is 0.0625. The zero-order valence-corrected chi connectivity index (χ0v) is 11.0. The number of nitro groups is 1. The smallest absolute Gasteiger partial charge is 0.273 e. The van der Waals surface area contributed by atoms with Crippen LogP contribution in [-0.4, -0.2) is 15.5 Å². The SMILES string of the molecule is Cc1ccc(C(=[OH+])/C=C/c2ccc([N+](=O)[O-])cc2)cc1. The average molecular weight is 268 g/mol. The molecule has 0 aliphatic rings. The molecule has 0 bridgehead atoms. The van der Waals surface area contributed by atoms with Crippen molar-refractivity contribution >= 4 is 17.5 Å². The van der Waals surface area contributed by atoms with Gasteiger partial charge in [0.05, 0.1) is 10.5 Å². The second kappa shape index (κ2) is 5.93. The van der Waals surface area contributed by atoms with E-state index < -0.39 is 4.92 Å². The Morgan fingerprint density at radius 2 is 1.70 bits per heavy atom. The second-order valence-corrected chi connectivity index (χ2v) is 4.43. The number of hydrogen-bond acceptors (Lipinski definition) is 2. The number of rotatable bonds is 4. The van der Waals surface area contributed by atoms with Crippen LogP contribution in [0.15, 0.2) is 54.6 Å².